The monoisotopic (exact) mass is 287 g/mol. The number of nitrogens with zero attached hydrogens (tertiary/aromatic N) is 1. The van der Waals surface area contributed by atoms with Crippen LogP contribution in [0.25, 0.3) is 0 Å². The van der Waals surface area contributed by atoms with E-state index in [9.17, 15) is 18.0 Å². The summed E-state index contributed by atoms with van der Waals surface area (Å²) in [5, 5.41) is 0. The fourth-order valence-electron chi connectivity index (χ4n) is 2.01. The highest BCUT2D eigenvalue weighted by atomic mass is 19.4. The highest BCUT2D eigenvalue weighted by Gasteiger charge is 2.35. The Morgan fingerprint density at radius 2 is 1.90 bits per heavy atom. The second-order valence-corrected chi connectivity index (χ2v) is 5.74. The number of hydrogen-bond donors (Lipinski definition) is 0. The molecule has 20 heavy (non-hydrogen) atoms. The lowest BCUT2D eigenvalue weighted by atomic mass is 9.94. The van der Waals surface area contributed by atoms with Crippen LogP contribution in [0.4, 0.5) is 18.9 Å². The van der Waals surface area contributed by atoms with Gasteiger partial charge in [0.15, 0.2) is 0 Å². The summed E-state index contributed by atoms with van der Waals surface area (Å²) >= 11 is 0. The van der Waals surface area contributed by atoms with Gasteiger partial charge in [-0.2, -0.15) is 13.2 Å². The van der Waals surface area contributed by atoms with Crippen LogP contribution in [0.2, 0.25) is 0 Å². The normalized spacial score (nSPS) is 15.6. The Kier molecular flexibility index (Phi) is 3.44. The van der Waals surface area contributed by atoms with Gasteiger partial charge >= 0.3 is 6.18 Å². The van der Waals surface area contributed by atoms with Gasteiger partial charge in [0.2, 0.25) is 5.91 Å². The fourth-order valence-corrected chi connectivity index (χ4v) is 2.01. The smallest absolute Gasteiger partial charge is 0.416 e. The number of carbonyl (C=O) groups is 1. The minimum absolute atomic E-state index is 0.186. The molecule has 6 heteroatoms. The Labute approximate surface area is 115 Å². The van der Waals surface area contributed by atoms with Crippen molar-refractivity contribution in [2.75, 3.05) is 18.1 Å². The van der Waals surface area contributed by atoms with Crippen LogP contribution in [-0.4, -0.2) is 19.1 Å². The molecule has 1 aromatic carbocycles. The Morgan fingerprint density at radius 1 is 1.25 bits per heavy atom. The molecule has 0 unspecified atom stereocenters. The van der Waals surface area contributed by atoms with Crippen molar-refractivity contribution in [1.29, 1.82) is 0 Å². The van der Waals surface area contributed by atoms with E-state index in [0.717, 1.165) is 12.1 Å². The molecule has 110 valence electrons. The number of benzene rings is 1. The van der Waals surface area contributed by atoms with E-state index in [2.05, 4.69) is 0 Å². The molecule has 3 nitrogen and oxygen atoms in total. The van der Waals surface area contributed by atoms with Crippen LogP contribution in [0.1, 0.15) is 26.3 Å². The van der Waals surface area contributed by atoms with Crippen molar-refractivity contribution in [3.8, 4) is 5.75 Å². The molecule has 1 aliphatic rings. The van der Waals surface area contributed by atoms with Gasteiger partial charge in [-0.3, -0.25) is 4.79 Å². The van der Waals surface area contributed by atoms with Crippen molar-refractivity contribution in [2.45, 2.75) is 26.9 Å². The van der Waals surface area contributed by atoms with E-state index >= 15 is 0 Å². The number of halogens is 3. The lowest BCUT2D eigenvalue weighted by Gasteiger charge is -2.34. The molecule has 1 amide bonds. The first-order valence-electron chi connectivity index (χ1n) is 6.27. The second-order valence-electron chi connectivity index (χ2n) is 5.74. The summed E-state index contributed by atoms with van der Waals surface area (Å²) < 4.78 is 43.7. The third kappa shape index (κ3) is 2.73. The quantitative estimate of drug-likeness (QED) is 0.731. The van der Waals surface area contributed by atoms with Crippen molar-refractivity contribution in [2.24, 2.45) is 5.41 Å². The van der Waals surface area contributed by atoms with Crippen LogP contribution in [0.15, 0.2) is 18.2 Å². The van der Waals surface area contributed by atoms with Crippen molar-refractivity contribution in [3.63, 3.8) is 0 Å². The first-order valence-corrected chi connectivity index (χ1v) is 6.27. The molecule has 0 aromatic heterocycles. The molecule has 0 radical (unpaired) electrons. The molecule has 0 fully saturated rings. The van der Waals surface area contributed by atoms with E-state index in [1.165, 1.54) is 11.0 Å². The zero-order valence-corrected chi connectivity index (χ0v) is 11.5. The average molecular weight is 287 g/mol. The Balaban J connectivity index is 2.46. The maximum atomic E-state index is 12.8. The van der Waals surface area contributed by atoms with Crippen molar-refractivity contribution in [1.82, 2.24) is 0 Å². The van der Waals surface area contributed by atoms with Crippen LogP contribution >= 0.6 is 0 Å². The summed E-state index contributed by atoms with van der Waals surface area (Å²) in [5.41, 5.74) is -1.26. The summed E-state index contributed by atoms with van der Waals surface area (Å²) in [6, 6.07) is 3.20. The lowest BCUT2D eigenvalue weighted by Crippen LogP contribution is -2.44. The van der Waals surface area contributed by atoms with Crippen LogP contribution in [0.3, 0.4) is 0 Å². The van der Waals surface area contributed by atoms with Gasteiger partial charge in [-0.25, -0.2) is 0 Å². The maximum absolute atomic E-state index is 12.8. The zero-order chi connectivity index (χ0) is 15.1. The van der Waals surface area contributed by atoms with Gasteiger partial charge < -0.3 is 9.64 Å². The number of fused-ring (bicyclic) bond motifs is 1. The molecule has 2 rings (SSSR count). The largest absolute Gasteiger partial charge is 0.490 e. The maximum Gasteiger partial charge on any atom is 0.416 e. The summed E-state index contributed by atoms with van der Waals surface area (Å²) in [5.74, 6) is 0.0863. The predicted octanol–water partition coefficient (Wildman–Crippen LogP) is 3.48. The molecule has 0 bridgehead atoms. The van der Waals surface area contributed by atoms with Gasteiger partial charge in [0, 0.05) is 5.41 Å². The number of carbonyl (C=O) groups excluding carboxylic acids is 1. The van der Waals surface area contributed by atoms with Crippen LogP contribution < -0.4 is 9.64 Å². The summed E-state index contributed by atoms with van der Waals surface area (Å²) in [6.45, 7) is 5.73. The topological polar surface area (TPSA) is 29.5 Å². The summed E-state index contributed by atoms with van der Waals surface area (Å²) in [4.78, 5) is 13.7. The molecule has 0 saturated heterocycles. The zero-order valence-electron chi connectivity index (χ0n) is 11.5. The number of amides is 1. The van der Waals surface area contributed by atoms with Gasteiger partial charge in [0.25, 0.3) is 0 Å². The van der Waals surface area contributed by atoms with Gasteiger partial charge in [-0.05, 0) is 18.2 Å². The molecule has 1 heterocycles. The molecule has 0 N–H and O–H groups in total. The van der Waals surface area contributed by atoms with E-state index in [4.69, 9.17) is 4.74 Å². The number of rotatable bonds is 0. The van der Waals surface area contributed by atoms with E-state index in [-0.39, 0.29) is 24.7 Å². The van der Waals surface area contributed by atoms with E-state index < -0.39 is 17.2 Å². The van der Waals surface area contributed by atoms with Crippen LogP contribution in [0, 0.1) is 5.41 Å². The van der Waals surface area contributed by atoms with E-state index in [0.29, 0.717) is 5.75 Å². The minimum atomic E-state index is -4.44. The molecule has 0 atom stereocenters. The molecule has 0 saturated carbocycles. The lowest BCUT2D eigenvalue weighted by molar-refractivity contribution is -0.137. The fraction of sp³-hybridized carbons (Fsp3) is 0.500. The molecular formula is C14H16F3NO2. The molecular weight excluding hydrogens is 271 g/mol. The van der Waals surface area contributed by atoms with E-state index in [1.807, 2.05) is 0 Å². The average Bonchev–Trinajstić information content (AvgIpc) is 2.34. The molecule has 1 aliphatic heterocycles. The second kappa shape index (κ2) is 4.68. The van der Waals surface area contributed by atoms with Crippen LogP contribution in [-0.2, 0) is 11.0 Å². The Bertz CT molecular complexity index is 532. The van der Waals surface area contributed by atoms with Gasteiger partial charge in [0.05, 0.1) is 17.8 Å². The Hall–Kier alpha value is -1.72. The van der Waals surface area contributed by atoms with E-state index in [1.54, 1.807) is 20.8 Å². The predicted molar refractivity (Wildman–Crippen MR) is 68.7 cm³/mol. The number of alkyl halides is 3. The van der Waals surface area contributed by atoms with Crippen molar-refractivity contribution < 1.29 is 22.7 Å². The first-order chi connectivity index (χ1) is 9.10. The first kappa shape index (κ1) is 14.7. The number of anilines is 1. The molecule has 1 aromatic rings. The van der Waals surface area contributed by atoms with Crippen LogP contribution in [0.5, 0.6) is 5.75 Å². The summed E-state index contributed by atoms with van der Waals surface area (Å²) in [6.07, 6.45) is -4.44. The SMILES string of the molecule is CC(C)(C)C(=O)N1CCOc2ccc(C(F)(F)F)cc21. The molecule has 0 spiro atoms. The standard InChI is InChI=1S/C14H16F3NO2/c1-13(2,3)12(19)18-6-7-20-11-5-4-9(8-10(11)18)14(15,16)17/h4-5,8H,6-7H2,1-3H3. The Morgan fingerprint density at radius 3 is 2.45 bits per heavy atom. The third-order valence-electron chi connectivity index (χ3n) is 3.04. The van der Waals surface area contributed by atoms with Crippen molar-refractivity contribution >= 4 is 11.6 Å². The van der Waals surface area contributed by atoms with Gasteiger partial charge in [-0.1, -0.05) is 20.8 Å². The number of ether oxygens (including phenoxy) is 1. The highest BCUT2D eigenvalue weighted by Crippen LogP contribution is 2.39. The van der Waals surface area contributed by atoms with Gasteiger partial charge in [0.1, 0.15) is 12.4 Å². The highest BCUT2D eigenvalue weighted by molar-refractivity contribution is 5.98. The van der Waals surface area contributed by atoms with Gasteiger partial charge in [-0.15, -0.1) is 0 Å². The summed E-state index contributed by atoms with van der Waals surface area (Å²) in [7, 11) is 0. The minimum Gasteiger partial charge on any atom is -0.490 e. The molecule has 0 aliphatic carbocycles. The third-order valence-corrected chi connectivity index (χ3v) is 3.04. The number of hydrogen-bond acceptors (Lipinski definition) is 2. The van der Waals surface area contributed by atoms with Crippen molar-refractivity contribution in [3.05, 3.63) is 23.8 Å².